The molecular formula is C11H23N3O. The lowest BCUT2D eigenvalue weighted by Gasteiger charge is -2.38. The molecule has 0 aromatic rings. The number of rotatable bonds is 4. The van der Waals surface area contributed by atoms with Crippen LogP contribution in [0.2, 0.25) is 0 Å². The minimum Gasteiger partial charge on any atom is -0.337 e. The molecule has 0 aliphatic carbocycles. The maximum Gasteiger partial charge on any atom is 0.224 e. The molecule has 1 atom stereocenters. The maximum atomic E-state index is 11.9. The average molecular weight is 213 g/mol. The maximum absolute atomic E-state index is 11.9. The Morgan fingerprint density at radius 3 is 2.80 bits per heavy atom. The molecule has 0 aromatic carbocycles. The third-order valence-corrected chi connectivity index (χ3v) is 2.92. The molecule has 1 saturated heterocycles. The number of hydrogen-bond acceptors (Lipinski definition) is 3. The second-order valence-electron chi connectivity index (χ2n) is 4.30. The highest BCUT2D eigenvalue weighted by Gasteiger charge is 2.24. The molecule has 1 aliphatic rings. The third-order valence-electron chi connectivity index (χ3n) is 2.92. The van der Waals surface area contributed by atoms with E-state index in [1.165, 1.54) is 0 Å². The summed E-state index contributed by atoms with van der Waals surface area (Å²) in [5.41, 5.74) is 0. The van der Waals surface area contributed by atoms with Gasteiger partial charge < -0.3 is 15.1 Å². The molecule has 1 unspecified atom stereocenters. The molecule has 4 nitrogen and oxygen atoms in total. The van der Waals surface area contributed by atoms with Gasteiger partial charge in [0.25, 0.3) is 0 Å². The van der Waals surface area contributed by atoms with E-state index in [1.807, 2.05) is 4.90 Å². The van der Waals surface area contributed by atoms with E-state index in [4.69, 9.17) is 0 Å². The highest BCUT2D eigenvalue weighted by molar-refractivity contribution is 5.76. The fourth-order valence-electron chi connectivity index (χ4n) is 2.03. The predicted molar refractivity (Wildman–Crippen MR) is 61.8 cm³/mol. The zero-order valence-electron chi connectivity index (χ0n) is 10.1. The van der Waals surface area contributed by atoms with Crippen LogP contribution in [0, 0.1) is 0 Å². The fourth-order valence-corrected chi connectivity index (χ4v) is 2.03. The number of carbonyl (C=O) groups excluding carboxylic acids is 1. The Balaban J connectivity index is 2.32. The zero-order valence-corrected chi connectivity index (χ0v) is 10.1. The molecule has 0 spiro atoms. The van der Waals surface area contributed by atoms with Crippen LogP contribution in [0.3, 0.4) is 0 Å². The highest BCUT2D eigenvalue weighted by atomic mass is 16.2. The van der Waals surface area contributed by atoms with Crippen molar-refractivity contribution in [3.05, 3.63) is 0 Å². The van der Waals surface area contributed by atoms with Crippen LogP contribution in [0.5, 0.6) is 0 Å². The molecule has 4 heteroatoms. The number of likely N-dealkylation sites (N-methyl/N-ethyl adjacent to an activating group) is 1. The molecule has 0 bridgehead atoms. The van der Waals surface area contributed by atoms with Gasteiger partial charge in [0.2, 0.25) is 5.91 Å². The molecule has 1 rings (SSSR count). The summed E-state index contributed by atoms with van der Waals surface area (Å²) >= 11 is 0. The summed E-state index contributed by atoms with van der Waals surface area (Å²) in [6.45, 7) is 8.79. The van der Waals surface area contributed by atoms with Crippen molar-refractivity contribution in [3.8, 4) is 0 Å². The molecule has 15 heavy (non-hydrogen) atoms. The molecule has 1 fully saturated rings. The van der Waals surface area contributed by atoms with E-state index >= 15 is 0 Å². The standard InChI is InChI=1S/C11H23N3O/c1-4-12-6-5-11(15)14-8-7-13(3)9-10(14)2/h10,12H,4-9H2,1-3H3. The monoisotopic (exact) mass is 213 g/mol. The molecule has 1 amide bonds. The van der Waals surface area contributed by atoms with Crippen molar-refractivity contribution < 1.29 is 4.79 Å². The Morgan fingerprint density at radius 1 is 1.47 bits per heavy atom. The quantitative estimate of drug-likeness (QED) is 0.675. The Labute approximate surface area is 92.6 Å². The van der Waals surface area contributed by atoms with E-state index in [1.54, 1.807) is 0 Å². The molecule has 1 aliphatic heterocycles. The van der Waals surface area contributed by atoms with Gasteiger partial charge in [0.05, 0.1) is 0 Å². The van der Waals surface area contributed by atoms with Gasteiger partial charge in [-0.05, 0) is 20.5 Å². The van der Waals surface area contributed by atoms with E-state index < -0.39 is 0 Å². The van der Waals surface area contributed by atoms with Crippen LogP contribution >= 0.6 is 0 Å². The van der Waals surface area contributed by atoms with E-state index in [2.05, 4.69) is 31.1 Å². The molecule has 0 aromatic heterocycles. The number of carbonyl (C=O) groups is 1. The SMILES string of the molecule is CCNCCC(=O)N1CCN(C)CC1C. The number of piperazine rings is 1. The van der Waals surface area contributed by atoms with Gasteiger partial charge in [0.1, 0.15) is 0 Å². The van der Waals surface area contributed by atoms with Crippen LogP contribution in [0.25, 0.3) is 0 Å². The van der Waals surface area contributed by atoms with Gasteiger partial charge in [-0.25, -0.2) is 0 Å². The zero-order chi connectivity index (χ0) is 11.3. The van der Waals surface area contributed by atoms with Crippen LogP contribution in [0.15, 0.2) is 0 Å². The number of nitrogens with zero attached hydrogens (tertiary/aromatic N) is 2. The Bertz CT molecular complexity index is 208. The normalized spacial score (nSPS) is 23.1. The lowest BCUT2D eigenvalue weighted by atomic mass is 10.2. The summed E-state index contributed by atoms with van der Waals surface area (Å²) in [6.07, 6.45) is 0.627. The van der Waals surface area contributed by atoms with Gasteiger partial charge in [-0.15, -0.1) is 0 Å². The van der Waals surface area contributed by atoms with E-state index in [-0.39, 0.29) is 5.91 Å². The van der Waals surface area contributed by atoms with E-state index in [9.17, 15) is 4.79 Å². The van der Waals surface area contributed by atoms with Gasteiger partial charge in [-0.3, -0.25) is 4.79 Å². The Kier molecular flexibility index (Phi) is 5.05. The molecule has 1 heterocycles. The van der Waals surface area contributed by atoms with E-state index in [0.717, 1.165) is 32.7 Å². The topological polar surface area (TPSA) is 35.6 Å². The summed E-state index contributed by atoms with van der Waals surface area (Å²) in [5.74, 6) is 0.288. The summed E-state index contributed by atoms with van der Waals surface area (Å²) in [5, 5.41) is 3.18. The first kappa shape index (κ1) is 12.5. The molecule has 0 saturated carbocycles. The first-order chi connectivity index (χ1) is 7.15. The van der Waals surface area contributed by atoms with Crippen LogP contribution in [0.1, 0.15) is 20.3 Å². The predicted octanol–water partition coefficient (Wildman–Crippen LogP) is 0.149. The first-order valence-corrected chi connectivity index (χ1v) is 5.84. The molecule has 88 valence electrons. The van der Waals surface area contributed by atoms with Crippen LogP contribution in [-0.2, 0) is 4.79 Å². The van der Waals surface area contributed by atoms with Crippen molar-refractivity contribution in [2.24, 2.45) is 0 Å². The van der Waals surface area contributed by atoms with Crippen molar-refractivity contribution in [3.63, 3.8) is 0 Å². The number of amides is 1. The van der Waals surface area contributed by atoms with Gasteiger partial charge in [0.15, 0.2) is 0 Å². The minimum atomic E-state index is 0.288. The minimum absolute atomic E-state index is 0.288. The number of hydrogen-bond donors (Lipinski definition) is 1. The molecule has 0 radical (unpaired) electrons. The van der Waals surface area contributed by atoms with Gasteiger partial charge in [-0.1, -0.05) is 6.92 Å². The summed E-state index contributed by atoms with van der Waals surface area (Å²) < 4.78 is 0. The summed E-state index contributed by atoms with van der Waals surface area (Å²) in [7, 11) is 2.11. The largest absolute Gasteiger partial charge is 0.337 e. The first-order valence-electron chi connectivity index (χ1n) is 5.84. The van der Waals surface area contributed by atoms with Gasteiger partial charge >= 0.3 is 0 Å². The molecule has 1 N–H and O–H groups in total. The fraction of sp³-hybridized carbons (Fsp3) is 0.909. The lowest BCUT2D eigenvalue weighted by molar-refractivity contribution is -0.135. The van der Waals surface area contributed by atoms with Gasteiger partial charge in [-0.2, -0.15) is 0 Å². The second-order valence-corrected chi connectivity index (χ2v) is 4.30. The Morgan fingerprint density at radius 2 is 2.20 bits per heavy atom. The lowest BCUT2D eigenvalue weighted by Crippen LogP contribution is -2.53. The third kappa shape index (κ3) is 3.80. The van der Waals surface area contributed by atoms with Crippen LogP contribution < -0.4 is 5.32 Å². The van der Waals surface area contributed by atoms with Crippen molar-refractivity contribution in [2.45, 2.75) is 26.3 Å². The van der Waals surface area contributed by atoms with Crippen molar-refractivity contribution in [2.75, 3.05) is 39.8 Å². The van der Waals surface area contributed by atoms with Crippen molar-refractivity contribution in [1.82, 2.24) is 15.1 Å². The number of nitrogens with one attached hydrogen (secondary N) is 1. The smallest absolute Gasteiger partial charge is 0.224 e. The second kappa shape index (κ2) is 6.08. The summed E-state index contributed by atoms with van der Waals surface area (Å²) in [6, 6.07) is 0.359. The van der Waals surface area contributed by atoms with E-state index in [0.29, 0.717) is 12.5 Å². The van der Waals surface area contributed by atoms with Crippen LogP contribution in [-0.4, -0.2) is 61.5 Å². The van der Waals surface area contributed by atoms with Crippen molar-refractivity contribution >= 4 is 5.91 Å². The summed E-state index contributed by atoms with van der Waals surface area (Å²) in [4.78, 5) is 16.1. The Hall–Kier alpha value is -0.610. The van der Waals surface area contributed by atoms with Crippen LogP contribution in [0.4, 0.5) is 0 Å². The molecular weight excluding hydrogens is 190 g/mol. The van der Waals surface area contributed by atoms with Crippen molar-refractivity contribution in [1.29, 1.82) is 0 Å². The average Bonchev–Trinajstić information content (AvgIpc) is 2.17. The van der Waals surface area contributed by atoms with Gasteiger partial charge in [0, 0.05) is 38.6 Å². The highest BCUT2D eigenvalue weighted by Crippen LogP contribution is 2.08.